The van der Waals surface area contributed by atoms with Crippen LogP contribution in [-0.2, 0) is 9.59 Å². The maximum atomic E-state index is 12.3. The Morgan fingerprint density at radius 3 is 2.71 bits per heavy atom. The first-order chi connectivity index (χ1) is 11.5. The number of nitrogens with zero attached hydrogens (tertiary/aromatic N) is 1. The van der Waals surface area contributed by atoms with Crippen molar-refractivity contribution in [2.75, 3.05) is 6.61 Å². The third kappa shape index (κ3) is 3.40. The molecule has 0 saturated heterocycles. The lowest BCUT2D eigenvalue weighted by Gasteiger charge is -2.26. The fraction of sp³-hybridized carbons (Fsp3) is 0.353. The van der Waals surface area contributed by atoms with E-state index in [1.54, 1.807) is 18.2 Å². The Morgan fingerprint density at radius 2 is 2.04 bits per heavy atom. The Hall–Kier alpha value is -2.83. The molecule has 24 heavy (non-hydrogen) atoms. The Balaban J connectivity index is 1.71. The van der Waals surface area contributed by atoms with Gasteiger partial charge in [-0.3, -0.25) is 4.79 Å². The summed E-state index contributed by atoms with van der Waals surface area (Å²) in [6, 6.07) is 6.97. The molecule has 3 rings (SSSR count). The number of hydrogen-bond acceptors (Lipinski definition) is 5. The third-order valence-corrected chi connectivity index (χ3v) is 3.96. The van der Waals surface area contributed by atoms with Crippen molar-refractivity contribution in [2.24, 2.45) is 0 Å². The van der Waals surface area contributed by atoms with E-state index in [0.717, 1.165) is 18.2 Å². The Morgan fingerprint density at radius 1 is 1.33 bits per heavy atom. The lowest BCUT2D eigenvalue weighted by molar-refractivity contribution is -0.150. The Bertz CT molecular complexity index is 838. The summed E-state index contributed by atoms with van der Waals surface area (Å²) in [7, 11) is 0. The van der Waals surface area contributed by atoms with Crippen molar-refractivity contribution in [2.45, 2.75) is 31.8 Å². The standard InChI is InChI=1S/C17H17NO6/c1-10(17(21)22)18(12-4-5-12)15(19)9-23-13-6-2-11-3-7-16(20)24-14(11)8-13/h2-3,6-8,10,12H,4-5,9H2,1H3,(H,21,22). The summed E-state index contributed by atoms with van der Waals surface area (Å²) in [5, 5.41) is 9.87. The van der Waals surface area contributed by atoms with Gasteiger partial charge in [-0.25, -0.2) is 9.59 Å². The van der Waals surface area contributed by atoms with Crippen molar-refractivity contribution < 1.29 is 23.8 Å². The average molecular weight is 331 g/mol. The summed E-state index contributed by atoms with van der Waals surface area (Å²) in [6.07, 6.45) is 1.62. The molecule has 1 aliphatic rings. The minimum Gasteiger partial charge on any atom is -0.484 e. The lowest BCUT2D eigenvalue weighted by Crippen LogP contribution is -2.46. The molecule has 1 aromatic heterocycles. The van der Waals surface area contributed by atoms with Gasteiger partial charge in [0.25, 0.3) is 5.91 Å². The highest BCUT2D eigenvalue weighted by molar-refractivity contribution is 5.85. The number of benzene rings is 1. The first kappa shape index (κ1) is 16.0. The average Bonchev–Trinajstić information content (AvgIpc) is 3.37. The van der Waals surface area contributed by atoms with Crippen LogP contribution in [0.15, 0.2) is 39.5 Å². The molecule has 1 N–H and O–H groups in total. The molecule has 1 fully saturated rings. The van der Waals surface area contributed by atoms with Gasteiger partial charge in [-0.15, -0.1) is 0 Å². The third-order valence-electron chi connectivity index (χ3n) is 3.96. The van der Waals surface area contributed by atoms with E-state index in [1.807, 2.05) is 0 Å². The van der Waals surface area contributed by atoms with Gasteiger partial charge in [-0.1, -0.05) is 0 Å². The van der Waals surface area contributed by atoms with Gasteiger partial charge in [-0.05, 0) is 38.0 Å². The SMILES string of the molecule is CC(C(=O)O)N(C(=O)COc1ccc2ccc(=O)oc2c1)C1CC1. The van der Waals surface area contributed by atoms with E-state index in [0.29, 0.717) is 11.3 Å². The number of aliphatic carboxylic acids is 1. The summed E-state index contributed by atoms with van der Waals surface area (Å²) in [4.78, 5) is 36.1. The first-order valence-corrected chi connectivity index (χ1v) is 7.66. The number of hydrogen-bond donors (Lipinski definition) is 1. The van der Waals surface area contributed by atoms with E-state index in [1.165, 1.54) is 24.0 Å². The summed E-state index contributed by atoms with van der Waals surface area (Å²) >= 11 is 0. The zero-order valence-electron chi connectivity index (χ0n) is 13.1. The molecule has 2 aromatic rings. The molecule has 1 unspecified atom stereocenters. The van der Waals surface area contributed by atoms with Crippen molar-refractivity contribution in [3.63, 3.8) is 0 Å². The molecule has 1 atom stereocenters. The topological polar surface area (TPSA) is 97.0 Å². The lowest BCUT2D eigenvalue weighted by atomic mass is 10.2. The minimum absolute atomic E-state index is 0.0261. The van der Waals surface area contributed by atoms with Gasteiger partial charge in [-0.2, -0.15) is 0 Å². The highest BCUT2D eigenvalue weighted by Crippen LogP contribution is 2.29. The maximum absolute atomic E-state index is 12.3. The second-order valence-corrected chi connectivity index (χ2v) is 5.79. The largest absolute Gasteiger partial charge is 0.484 e. The van der Waals surface area contributed by atoms with Gasteiger partial charge < -0.3 is 19.2 Å². The van der Waals surface area contributed by atoms with Crippen LogP contribution in [0.3, 0.4) is 0 Å². The predicted molar refractivity (Wildman–Crippen MR) is 84.9 cm³/mol. The summed E-state index contributed by atoms with van der Waals surface area (Å²) < 4.78 is 10.5. The van der Waals surface area contributed by atoms with Crippen LogP contribution in [0.5, 0.6) is 5.75 Å². The molecule has 0 bridgehead atoms. The van der Waals surface area contributed by atoms with Crippen LogP contribution in [0.1, 0.15) is 19.8 Å². The normalized spacial score (nSPS) is 15.0. The molecule has 1 aromatic carbocycles. The van der Waals surface area contributed by atoms with Crippen LogP contribution in [0.4, 0.5) is 0 Å². The fourth-order valence-electron chi connectivity index (χ4n) is 2.56. The van der Waals surface area contributed by atoms with Gasteiger partial charge in [0.1, 0.15) is 17.4 Å². The number of carbonyl (C=O) groups excluding carboxylic acids is 1. The second-order valence-electron chi connectivity index (χ2n) is 5.79. The van der Waals surface area contributed by atoms with Crippen LogP contribution in [0.2, 0.25) is 0 Å². The molecular weight excluding hydrogens is 314 g/mol. The molecule has 1 heterocycles. The zero-order valence-corrected chi connectivity index (χ0v) is 13.1. The van der Waals surface area contributed by atoms with E-state index in [-0.39, 0.29) is 18.6 Å². The van der Waals surface area contributed by atoms with Gasteiger partial charge in [0.2, 0.25) is 0 Å². The van der Waals surface area contributed by atoms with Crippen LogP contribution in [0, 0.1) is 0 Å². The van der Waals surface area contributed by atoms with E-state index < -0.39 is 17.6 Å². The van der Waals surface area contributed by atoms with Crippen molar-refractivity contribution in [3.8, 4) is 5.75 Å². The quantitative estimate of drug-likeness (QED) is 0.808. The number of carbonyl (C=O) groups is 2. The molecule has 1 amide bonds. The molecule has 7 nitrogen and oxygen atoms in total. The molecule has 1 saturated carbocycles. The second kappa shape index (κ2) is 6.35. The predicted octanol–water partition coefficient (Wildman–Crippen LogP) is 1.64. The van der Waals surface area contributed by atoms with Crippen molar-refractivity contribution >= 4 is 22.8 Å². The summed E-state index contributed by atoms with van der Waals surface area (Å²) in [5.41, 5.74) is -0.101. The first-order valence-electron chi connectivity index (χ1n) is 7.66. The van der Waals surface area contributed by atoms with Gasteiger partial charge in [0, 0.05) is 23.6 Å². The number of carboxylic acids is 1. The number of rotatable bonds is 6. The van der Waals surface area contributed by atoms with E-state index in [9.17, 15) is 14.4 Å². The molecule has 126 valence electrons. The number of fused-ring (bicyclic) bond motifs is 1. The Labute approximate surface area is 137 Å². The van der Waals surface area contributed by atoms with Gasteiger partial charge in [0.05, 0.1) is 0 Å². The maximum Gasteiger partial charge on any atom is 0.336 e. The van der Waals surface area contributed by atoms with Crippen molar-refractivity contribution in [3.05, 3.63) is 40.8 Å². The van der Waals surface area contributed by atoms with Crippen molar-refractivity contribution in [1.82, 2.24) is 4.90 Å². The highest BCUT2D eigenvalue weighted by atomic mass is 16.5. The summed E-state index contributed by atoms with van der Waals surface area (Å²) in [5.74, 6) is -1.03. The number of carboxylic acid groups (broad SMARTS) is 1. The molecule has 0 radical (unpaired) electrons. The van der Waals surface area contributed by atoms with Crippen LogP contribution in [0.25, 0.3) is 11.0 Å². The molecular formula is C17H17NO6. The zero-order chi connectivity index (χ0) is 17.3. The molecule has 0 aliphatic heterocycles. The fourth-order valence-corrected chi connectivity index (χ4v) is 2.56. The van der Waals surface area contributed by atoms with E-state index >= 15 is 0 Å². The summed E-state index contributed by atoms with van der Waals surface area (Å²) in [6.45, 7) is 1.22. The molecule has 7 heteroatoms. The van der Waals surface area contributed by atoms with Crippen LogP contribution in [-0.4, -0.2) is 40.6 Å². The highest BCUT2D eigenvalue weighted by Gasteiger charge is 2.38. The van der Waals surface area contributed by atoms with E-state index in [4.69, 9.17) is 14.3 Å². The number of ether oxygens (including phenoxy) is 1. The molecule has 0 spiro atoms. The van der Waals surface area contributed by atoms with Crippen LogP contribution >= 0.6 is 0 Å². The van der Waals surface area contributed by atoms with Gasteiger partial charge in [0.15, 0.2) is 6.61 Å². The monoisotopic (exact) mass is 331 g/mol. The van der Waals surface area contributed by atoms with E-state index in [2.05, 4.69) is 0 Å². The number of amides is 1. The minimum atomic E-state index is -1.04. The smallest absolute Gasteiger partial charge is 0.336 e. The van der Waals surface area contributed by atoms with Crippen LogP contribution < -0.4 is 10.4 Å². The van der Waals surface area contributed by atoms with Gasteiger partial charge >= 0.3 is 11.6 Å². The molecule has 1 aliphatic carbocycles. The Kier molecular flexibility index (Phi) is 4.24. The van der Waals surface area contributed by atoms with Crippen molar-refractivity contribution in [1.29, 1.82) is 0 Å².